The van der Waals surface area contributed by atoms with Gasteiger partial charge in [-0.3, -0.25) is 10.1 Å². The van der Waals surface area contributed by atoms with Crippen molar-refractivity contribution in [3.8, 4) is 0 Å². The molecule has 146 valence electrons. The summed E-state index contributed by atoms with van der Waals surface area (Å²) >= 11 is 0. The van der Waals surface area contributed by atoms with Crippen LogP contribution in [0.15, 0.2) is 59.8 Å². The molecule has 0 fully saturated rings. The fraction of sp³-hybridized carbons (Fsp3) is 0.167. The van der Waals surface area contributed by atoms with E-state index in [0.717, 1.165) is 12.3 Å². The highest BCUT2D eigenvalue weighted by molar-refractivity contribution is 7.90. The average molecular weight is 404 g/mol. The summed E-state index contributed by atoms with van der Waals surface area (Å²) in [6.45, 7) is 0. The van der Waals surface area contributed by atoms with Crippen LogP contribution in [0.3, 0.4) is 0 Å². The van der Waals surface area contributed by atoms with Gasteiger partial charge in [0.05, 0.1) is 9.82 Å². The summed E-state index contributed by atoms with van der Waals surface area (Å²) in [4.78, 5) is 14.9. The summed E-state index contributed by atoms with van der Waals surface area (Å²) in [6.07, 6.45) is 4.17. The molecule has 0 bridgehead atoms. The van der Waals surface area contributed by atoms with Gasteiger partial charge >= 0.3 is 0 Å². The van der Waals surface area contributed by atoms with E-state index in [1.807, 2.05) is 0 Å². The Hall–Kier alpha value is -3.27. The number of nitrogens with zero attached hydrogens (tertiary/aromatic N) is 3. The first-order valence-corrected chi connectivity index (χ1v) is 10.0. The number of halogens is 1. The highest BCUT2D eigenvalue weighted by Crippen LogP contribution is 2.33. The quantitative estimate of drug-likeness (QED) is 0.500. The SMILES string of the molecule is Cn1ccnc1C(Nc1ccc(S(C)(=O)=O)cc1[N+](=O)[O-])c1ccccc1F. The molecule has 1 heterocycles. The van der Waals surface area contributed by atoms with Crippen LogP contribution < -0.4 is 5.32 Å². The fourth-order valence-corrected chi connectivity index (χ4v) is 3.46. The summed E-state index contributed by atoms with van der Waals surface area (Å²) in [5, 5.41) is 14.5. The van der Waals surface area contributed by atoms with Crippen LogP contribution in [0.5, 0.6) is 0 Å². The van der Waals surface area contributed by atoms with Crippen LogP contribution in [0.4, 0.5) is 15.8 Å². The molecule has 0 aliphatic rings. The maximum Gasteiger partial charge on any atom is 0.293 e. The zero-order chi connectivity index (χ0) is 20.5. The molecule has 0 saturated heterocycles. The topological polar surface area (TPSA) is 107 Å². The van der Waals surface area contributed by atoms with E-state index >= 15 is 0 Å². The third kappa shape index (κ3) is 3.86. The lowest BCUT2D eigenvalue weighted by Gasteiger charge is -2.21. The van der Waals surface area contributed by atoms with Crippen LogP contribution in [0.2, 0.25) is 0 Å². The zero-order valence-corrected chi connectivity index (χ0v) is 15.9. The number of aromatic nitrogens is 2. The molecule has 0 saturated carbocycles. The Kier molecular flexibility index (Phi) is 5.14. The first-order valence-electron chi connectivity index (χ1n) is 8.15. The summed E-state index contributed by atoms with van der Waals surface area (Å²) < 4.78 is 39.6. The summed E-state index contributed by atoms with van der Waals surface area (Å²) in [7, 11) is -1.90. The van der Waals surface area contributed by atoms with E-state index in [2.05, 4.69) is 10.3 Å². The number of nitro groups is 1. The Labute approximate surface area is 160 Å². The van der Waals surface area contributed by atoms with Crippen molar-refractivity contribution in [2.75, 3.05) is 11.6 Å². The van der Waals surface area contributed by atoms with Gasteiger partial charge in [-0.2, -0.15) is 0 Å². The van der Waals surface area contributed by atoms with E-state index in [1.54, 1.807) is 29.9 Å². The van der Waals surface area contributed by atoms with Gasteiger partial charge in [-0.05, 0) is 18.2 Å². The Morgan fingerprint density at radius 1 is 1.25 bits per heavy atom. The van der Waals surface area contributed by atoms with Gasteiger partial charge in [0, 0.05) is 37.3 Å². The molecule has 0 spiro atoms. The smallest absolute Gasteiger partial charge is 0.293 e. The minimum atomic E-state index is -3.62. The Morgan fingerprint density at radius 3 is 2.54 bits per heavy atom. The van der Waals surface area contributed by atoms with Crippen molar-refractivity contribution in [3.63, 3.8) is 0 Å². The number of imidazole rings is 1. The molecule has 1 aromatic heterocycles. The predicted molar refractivity (Wildman–Crippen MR) is 101 cm³/mol. The predicted octanol–water partition coefficient (Wildman–Crippen LogP) is 3.07. The normalized spacial score (nSPS) is 12.5. The van der Waals surface area contributed by atoms with Crippen molar-refractivity contribution in [3.05, 3.63) is 82.2 Å². The first kappa shape index (κ1) is 19.5. The molecule has 0 aliphatic heterocycles. The Bertz CT molecular complexity index is 1140. The molecule has 8 nitrogen and oxygen atoms in total. The Morgan fingerprint density at radius 2 is 1.96 bits per heavy atom. The van der Waals surface area contributed by atoms with E-state index in [1.165, 1.54) is 30.5 Å². The molecule has 3 aromatic rings. The van der Waals surface area contributed by atoms with Crippen LogP contribution in [0, 0.1) is 15.9 Å². The molecule has 2 aromatic carbocycles. The Balaban J connectivity index is 2.13. The number of benzene rings is 2. The number of anilines is 1. The lowest BCUT2D eigenvalue weighted by molar-refractivity contribution is -0.384. The molecular formula is C18H17FN4O4S. The minimum absolute atomic E-state index is 0.0497. The van der Waals surface area contributed by atoms with E-state index in [4.69, 9.17) is 0 Å². The van der Waals surface area contributed by atoms with Crippen LogP contribution in [-0.2, 0) is 16.9 Å². The van der Waals surface area contributed by atoms with E-state index in [0.29, 0.717) is 5.82 Å². The second-order valence-electron chi connectivity index (χ2n) is 6.20. The molecule has 0 radical (unpaired) electrons. The summed E-state index contributed by atoms with van der Waals surface area (Å²) in [6, 6.07) is 8.74. The number of aryl methyl sites for hydroxylation is 1. The van der Waals surface area contributed by atoms with Gasteiger partial charge in [-0.25, -0.2) is 17.8 Å². The van der Waals surface area contributed by atoms with Gasteiger partial charge in [0.25, 0.3) is 5.69 Å². The summed E-state index contributed by atoms with van der Waals surface area (Å²) in [5.41, 5.74) is -0.134. The second kappa shape index (κ2) is 7.39. The van der Waals surface area contributed by atoms with Gasteiger partial charge in [-0.1, -0.05) is 18.2 Å². The standard InChI is InChI=1S/C18H17FN4O4S/c1-22-10-9-20-18(22)17(13-5-3-4-6-14(13)19)21-15-8-7-12(28(2,26)27)11-16(15)23(24)25/h3-11,17,21H,1-2H3. The van der Waals surface area contributed by atoms with Gasteiger partial charge in [0.2, 0.25) is 0 Å². The third-order valence-corrected chi connectivity index (χ3v) is 5.34. The molecule has 1 unspecified atom stereocenters. The highest BCUT2D eigenvalue weighted by Gasteiger charge is 2.26. The van der Waals surface area contributed by atoms with E-state index < -0.39 is 32.3 Å². The maximum atomic E-state index is 14.5. The van der Waals surface area contributed by atoms with Gasteiger partial charge in [0.1, 0.15) is 23.4 Å². The van der Waals surface area contributed by atoms with E-state index in [-0.39, 0.29) is 16.1 Å². The molecule has 10 heteroatoms. The molecular weight excluding hydrogens is 387 g/mol. The number of rotatable bonds is 6. The van der Waals surface area contributed by atoms with Gasteiger partial charge < -0.3 is 9.88 Å². The molecule has 28 heavy (non-hydrogen) atoms. The van der Waals surface area contributed by atoms with Gasteiger partial charge in [-0.15, -0.1) is 0 Å². The molecule has 0 aliphatic carbocycles. The number of hydrogen-bond acceptors (Lipinski definition) is 6. The third-order valence-electron chi connectivity index (χ3n) is 4.23. The summed E-state index contributed by atoms with van der Waals surface area (Å²) in [5.74, 6) is -0.0648. The fourth-order valence-electron chi connectivity index (χ4n) is 2.82. The second-order valence-corrected chi connectivity index (χ2v) is 8.22. The average Bonchev–Trinajstić information content (AvgIpc) is 3.05. The van der Waals surface area contributed by atoms with Crippen LogP contribution >= 0.6 is 0 Å². The molecule has 3 rings (SSSR count). The minimum Gasteiger partial charge on any atom is -0.366 e. The molecule has 0 amide bonds. The molecule has 1 N–H and O–H groups in total. The van der Waals surface area contributed by atoms with Crippen molar-refractivity contribution >= 4 is 21.2 Å². The number of nitro benzene ring substituents is 1. The lowest BCUT2D eigenvalue weighted by atomic mass is 10.0. The van der Waals surface area contributed by atoms with E-state index in [9.17, 15) is 22.9 Å². The number of sulfone groups is 1. The van der Waals surface area contributed by atoms with Crippen LogP contribution in [0.1, 0.15) is 17.4 Å². The van der Waals surface area contributed by atoms with Crippen LogP contribution in [0.25, 0.3) is 0 Å². The molecule has 1 atom stereocenters. The lowest BCUT2D eigenvalue weighted by Crippen LogP contribution is -2.18. The van der Waals surface area contributed by atoms with Gasteiger partial charge in [0.15, 0.2) is 9.84 Å². The van der Waals surface area contributed by atoms with Crippen molar-refractivity contribution in [1.82, 2.24) is 9.55 Å². The van der Waals surface area contributed by atoms with Crippen molar-refractivity contribution in [1.29, 1.82) is 0 Å². The van der Waals surface area contributed by atoms with Crippen LogP contribution in [-0.4, -0.2) is 29.1 Å². The number of nitrogens with one attached hydrogen (secondary N) is 1. The monoisotopic (exact) mass is 404 g/mol. The largest absolute Gasteiger partial charge is 0.366 e. The van der Waals surface area contributed by atoms with Crippen molar-refractivity contribution < 1.29 is 17.7 Å². The first-order chi connectivity index (χ1) is 13.2. The highest BCUT2D eigenvalue weighted by atomic mass is 32.2. The maximum absolute atomic E-state index is 14.5. The van der Waals surface area contributed by atoms with Crippen molar-refractivity contribution in [2.24, 2.45) is 7.05 Å². The number of hydrogen-bond donors (Lipinski definition) is 1. The van der Waals surface area contributed by atoms with Crippen molar-refractivity contribution in [2.45, 2.75) is 10.9 Å². The zero-order valence-electron chi connectivity index (χ0n) is 15.0.